The average molecular weight is 290 g/mol. The monoisotopic (exact) mass is 290 g/mol. The fourth-order valence-electron chi connectivity index (χ4n) is 2.29. The van der Waals surface area contributed by atoms with Crippen molar-refractivity contribution >= 4 is 23.5 Å². The van der Waals surface area contributed by atoms with Gasteiger partial charge in [0.1, 0.15) is 0 Å². The van der Waals surface area contributed by atoms with E-state index in [-0.39, 0.29) is 18.9 Å². The molecule has 0 unspecified atom stereocenters. The van der Waals surface area contributed by atoms with Crippen molar-refractivity contribution in [1.29, 1.82) is 0 Å². The molecule has 1 atom stereocenters. The van der Waals surface area contributed by atoms with Gasteiger partial charge in [0.05, 0.1) is 5.92 Å². The number of rotatable bonds is 5. The number of hydrogen-bond donors (Lipinski definition) is 1. The zero-order valence-electron chi connectivity index (χ0n) is 11.9. The summed E-state index contributed by atoms with van der Waals surface area (Å²) in [6.07, 6.45) is 1.02. The zero-order chi connectivity index (χ0) is 15.4. The van der Waals surface area contributed by atoms with Crippen molar-refractivity contribution in [2.75, 3.05) is 18.1 Å². The normalized spacial score (nSPS) is 17.9. The van der Waals surface area contributed by atoms with E-state index in [9.17, 15) is 14.4 Å². The van der Waals surface area contributed by atoms with E-state index in [1.54, 1.807) is 4.90 Å². The maximum Gasteiger partial charge on any atom is 0.311 e. The third-order valence-corrected chi connectivity index (χ3v) is 3.47. The first-order chi connectivity index (χ1) is 10.0. The molecule has 2 N–H and O–H groups in total. The van der Waals surface area contributed by atoms with E-state index in [4.69, 9.17) is 10.5 Å². The molecule has 0 saturated carbocycles. The summed E-state index contributed by atoms with van der Waals surface area (Å²) < 4.78 is 4.76. The Bertz CT molecular complexity index is 553. The average Bonchev–Trinajstić information content (AvgIpc) is 2.87. The van der Waals surface area contributed by atoms with Crippen LogP contribution in [0.2, 0.25) is 0 Å². The number of primary amides is 1. The Morgan fingerprint density at radius 3 is 2.57 bits per heavy atom. The molecular weight excluding hydrogens is 272 g/mol. The summed E-state index contributed by atoms with van der Waals surface area (Å²) in [5.74, 6) is -1.95. The van der Waals surface area contributed by atoms with Gasteiger partial charge in [-0.3, -0.25) is 14.4 Å². The number of amides is 2. The minimum atomic E-state index is -0.709. The highest BCUT2D eigenvalue weighted by atomic mass is 16.5. The third kappa shape index (κ3) is 3.59. The number of carbonyl (C=O) groups is 3. The molecule has 0 spiro atoms. The van der Waals surface area contributed by atoms with Gasteiger partial charge in [-0.15, -0.1) is 0 Å². The largest absolute Gasteiger partial charge is 0.455 e. The Labute approximate surface area is 122 Å². The number of ether oxygens (including phenoxy) is 1. The van der Waals surface area contributed by atoms with E-state index in [0.717, 1.165) is 12.1 Å². The first-order valence-corrected chi connectivity index (χ1v) is 6.85. The summed E-state index contributed by atoms with van der Waals surface area (Å²) in [7, 11) is 0. The van der Waals surface area contributed by atoms with Crippen LogP contribution in [0.3, 0.4) is 0 Å². The second kappa shape index (κ2) is 6.39. The van der Waals surface area contributed by atoms with Crippen LogP contribution in [0.25, 0.3) is 0 Å². The lowest BCUT2D eigenvalue weighted by Gasteiger charge is -2.16. The molecule has 112 valence electrons. The van der Waals surface area contributed by atoms with Crippen molar-refractivity contribution in [2.45, 2.75) is 19.8 Å². The fraction of sp³-hybridized carbons (Fsp3) is 0.400. The molecule has 1 fully saturated rings. The Morgan fingerprint density at radius 2 is 2.00 bits per heavy atom. The molecule has 1 saturated heterocycles. The first kappa shape index (κ1) is 15.0. The van der Waals surface area contributed by atoms with Crippen LogP contribution in [-0.4, -0.2) is 30.9 Å². The predicted molar refractivity (Wildman–Crippen MR) is 76.4 cm³/mol. The maximum atomic E-state index is 12.0. The molecule has 6 nitrogen and oxygen atoms in total. The predicted octanol–water partition coefficient (Wildman–Crippen LogP) is 0.630. The number of carbonyl (C=O) groups excluding carboxylic acids is 3. The van der Waals surface area contributed by atoms with Gasteiger partial charge in [-0.1, -0.05) is 19.1 Å². The number of aryl methyl sites for hydroxylation is 1. The van der Waals surface area contributed by atoms with Crippen LogP contribution in [0.15, 0.2) is 24.3 Å². The van der Waals surface area contributed by atoms with E-state index in [1.807, 2.05) is 24.3 Å². The van der Waals surface area contributed by atoms with E-state index in [1.165, 1.54) is 5.56 Å². The Morgan fingerprint density at radius 1 is 1.33 bits per heavy atom. The molecule has 1 aliphatic rings. The number of benzene rings is 1. The van der Waals surface area contributed by atoms with Crippen LogP contribution >= 0.6 is 0 Å². The van der Waals surface area contributed by atoms with Gasteiger partial charge in [0.25, 0.3) is 5.91 Å². The molecule has 1 aromatic rings. The summed E-state index contributed by atoms with van der Waals surface area (Å²) in [6.45, 7) is 1.87. The van der Waals surface area contributed by atoms with Crippen LogP contribution in [0, 0.1) is 5.92 Å². The molecular formula is C15H18N2O4. The van der Waals surface area contributed by atoms with E-state index < -0.39 is 24.4 Å². The standard InChI is InChI=1S/C15H18N2O4/c1-2-10-3-5-12(6-4-10)17-8-11(7-14(17)19)15(20)21-9-13(16)18/h3-6,11H,2,7-9H2,1H3,(H2,16,18)/t11-/m1/s1. The van der Waals surface area contributed by atoms with Crippen molar-refractivity contribution in [3.05, 3.63) is 29.8 Å². The van der Waals surface area contributed by atoms with Crippen LogP contribution in [0.1, 0.15) is 18.9 Å². The highest BCUT2D eigenvalue weighted by molar-refractivity contribution is 5.99. The highest BCUT2D eigenvalue weighted by Gasteiger charge is 2.36. The number of anilines is 1. The molecule has 2 amide bonds. The first-order valence-electron chi connectivity index (χ1n) is 6.85. The summed E-state index contributed by atoms with van der Waals surface area (Å²) in [5, 5.41) is 0. The van der Waals surface area contributed by atoms with Gasteiger partial charge in [0, 0.05) is 18.7 Å². The smallest absolute Gasteiger partial charge is 0.311 e. The second-order valence-corrected chi connectivity index (χ2v) is 5.00. The van der Waals surface area contributed by atoms with Crippen LogP contribution in [0.5, 0.6) is 0 Å². The van der Waals surface area contributed by atoms with Crippen molar-refractivity contribution in [2.24, 2.45) is 11.7 Å². The molecule has 0 aliphatic carbocycles. The minimum absolute atomic E-state index is 0.0904. The zero-order valence-corrected chi connectivity index (χ0v) is 11.9. The number of esters is 1. The van der Waals surface area contributed by atoms with Crippen LogP contribution < -0.4 is 10.6 Å². The van der Waals surface area contributed by atoms with Gasteiger partial charge in [0.15, 0.2) is 6.61 Å². The number of nitrogens with two attached hydrogens (primary N) is 1. The molecule has 0 aromatic heterocycles. The molecule has 0 bridgehead atoms. The quantitative estimate of drug-likeness (QED) is 0.805. The summed E-state index contributed by atoms with van der Waals surface area (Å²) in [6, 6.07) is 7.66. The van der Waals surface area contributed by atoms with Gasteiger partial charge in [-0.25, -0.2) is 0 Å². The van der Waals surface area contributed by atoms with Gasteiger partial charge >= 0.3 is 5.97 Å². The minimum Gasteiger partial charge on any atom is -0.455 e. The van der Waals surface area contributed by atoms with E-state index in [0.29, 0.717) is 0 Å². The second-order valence-electron chi connectivity index (χ2n) is 5.00. The molecule has 21 heavy (non-hydrogen) atoms. The lowest BCUT2D eigenvalue weighted by Crippen LogP contribution is -2.28. The number of hydrogen-bond acceptors (Lipinski definition) is 4. The summed E-state index contributed by atoms with van der Waals surface area (Å²) in [4.78, 5) is 35.9. The van der Waals surface area contributed by atoms with Crippen LogP contribution in [0.4, 0.5) is 5.69 Å². The SMILES string of the molecule is CCc1ccc(N2C[C@H](C(=O)OCC(N)=O)CC2=O)cc1. The Balaban J connectivity index is 2.01. The van der Waals surface area contributed by atoms with Gasteiger partial charge < -0.3 is 15.4 Å². The third-order valence-electron chi connectivity index (χ3n) is 3.47. The molecule has 6 heteroatoms. The highest BCUT2D eigenvalue weighted by Crippen LogP contribution is 2.26. The Hall–Kier alpha value is -2.37. The fourth-order valence-corrected chi connectivity index (χ4v) is 2.29. The van der Waals surface area contributed by atoms with Crippen LogP contribution in [-0.2, 0) is 25.5 Å². The molecule has 0 radical (unpaired) electrons. The van der Waals surface area contributed by atoms with E-state index in [2.05, 4.69) is 6.92 Å². The molecule has 1 heterocycles. The van der Waals surface area contributed by atoms with Gasteiger partial charge in [-0.05, 0) is 24.1 Å². The summed E-state index contributed by atoms with van der Waals surface area (Å²) >= 11 is 0. The van der Waals surface area contributed by atoms with Crippen molar-refractivity contribution in [3.63, 3.8) is 0 Å². The molecule has 1 aliphatic heterocycles. The van der Waals surface area contributed by atoms with Crippen molar-refractivity contribution in [1.82, 2.24) is 0 Å². The van der Waals surface area contributed by atoms with Gasteiger partial charge in [0.2, 0.25) is 5.91 Å². The number of nitrogens with zero attached hydrogens (tertiary/aromatic N) is 1. The summed E-state index contributed by atoms with van der Waals surface area (Å²) in [5.41, 5.74) is 6.87. The van der Waals surface area contributed by atoms with Crippen molar-refractivity contribution < 1.29 is 19.1 Å². The lowest BCUT2D eigenvalue weighted by molar-refractivity contribution is -0.151. The molecule has 2 rings (SSSR count). The van der Waals surface area contributed by atoms with E-state index >= 15 is 0 Å². The van der Waals surface area contributed by atoms with Crippen molar-refractivity contribution in [3.8, 4) is 0 Å². The molecule has 1 aromatic carbocycles. The Kier molecular flexibility index (Phi) is 4.57. The topological polar surface area (TPSA) is 89.7 Å². The van der Waals surface area contributed by atoms with Gasteiger partial charge in [-0.2, -0.15) is 0 Å². The maximum absolute atomic E-state index is 12.0. The lowest BCUT2D eigenvalue weighted by atomic mass is 10.1.